The molecule has 128 valence electrons. The fraction of sp³-hybridized carbons (Fsp3) is 0.474. The molecule has 0 spiro atoms. The van der Waals surface area contributed by atoms with Gasteiger partial charge in [0.2, 0.25) is 0 Å². The van der Waals surface area contributed by atoms with Gasteiger partial charge in [0.05, 0.1) is 12.3 Å². The number of aryl methyl sites for hydroxylation is 1. The Kier molecular flexibility index (Phi) is 5.18. The third-order valence-corrected chi connectivity index (χ3v) is 4.42. The van der Waals surface area contributed by atoms with E-state index in [1.54, 1.807) is 0 Å². The van der Waals surface area contributed by atoms with Crippen LogP contribution in [0, 0.1) is 6.92 Å². The first kappa shape index (κ1) is 16.6. The third-order valence-electron chi connectivity index (χ3n) is 4.42. The summed E-state index contributed by atoms with van der Waals surface area (Å²) in [5, 5.41) is 3.04. The number of nitrogens with one attached hydrogen (secondary N) is 1. The van der Waals surface area contributed by atoms with Gasteiger partial charge in [-0.1, -0.05) is 11.6 Å². The number of allylic oxidation sites excluding steroid dienone is 1. The molecule has 0 saturated carbocycles. The number of rotatable bonds is 6. The maximum atomic E-state index is 12.6. The van der Waals surface area contributed by atoms with E-state index in [0.717, 1.165) is 12.1 Å². The summed E-state index contributed by atoms with van der Waals surface area (Å²) in [6.07, 6.45) is 10.0. The van der Waals surface area contributed by atoms with Crippen LogP contribution in [-0.4, -0.2) is 28.4 Å². The number of pyridine rings is 1. The van der Waals surface area contributed by atoms with E-state index in [0.29, 0.717) is 30.2 Å². The summed E-state index contributed by atoms with van der Waals surface area (Å²) >= 11 is 0. The molecule has 2 aromatic rings. The van der Waals surface area contributed by atoms with E-state index in [1.807, 2.05) is 36.6 Å². The van der Waals surface area contributed by atoms with Crippen molar-refractivity contribution < 1.29 is 9.53 Å². The molecule has 0 aromatic carbocycles. The summed E-state index contributed by atoms with van der Waals surface area (Å²) in [4.78, 5) is 17.1. The van der Waals surface area contributed by atoms with Crippen LogP contribution in [0.2, 0.25) is 0 Å². The largest absolute Gasteiger partial charge is 0.490 e. The van der Waals surface area contributed by atoms with Crippen LogP contribution >= 0.6 is 0 Å². The molecule has 0 unspecified atom stereocenters. The molecule has 3 rings (SSSR count). The predicted octanol–water partition coefficient (Wildman–Crippen LogP) is 3.66. The van der Waals surface area contributed by atoms with Crippen LogP contribution in [0.3, 0.4) is 0 Å². The molecular weight excluding hydrogens is 302 g/mol. The highest BCUT2D eigenvalue weighted by Gasteiger charge is 2.18. The van der Waals surface area contributed by atoms with Gasteiger partial charge in [0.1, 0.15) is 5.69 Å². The molecule has 1 amide bonds. The first-order chi connectivity index (χ1) is 11.7. The number of fused-ring (bicyclic) bond motifs is 1. The molecule has 1 N–H and O–H groups in total. The van der Waals surface area contributed by atoms with Crippen molar-refractivity contribution in [3.8, 4) is 5.75 Å². The third kappa shape index (κ3) is 3.45. The maximum absolute atomic E-state index is 12.6. The zero-order valence-corrected chi connectivity index (χ0v) is 14.5. The minimum absolute atomic E-state index is 0.0787. The van der Waals surface area contributed by atoms with Crippen LogP contribution in [0.15, 0.2) is 30.0 Å². The molecule has 0 saturated heterocycles. The zero-order chi connectivity index (χ0) is 16.9. The summed E-state index contributed by atoms with van der Waals surface area (Å²) in [6.45, 7) is 5.04. The Morgan fingerprint density at radius 1 is 1.42 bits per heavy atom. The summed E-state index contributed by atoms with van der Waals surface area (Å²) in [6, 6.07) is 3.76. The highest BCUT2D eigenvalue weighted by Crippen LogP contribution is 2.22. The van der Waals surface area contributed by atoms with E-state index in [4.69, 9.17) is 4.74 Å². The van der Waals surface area contributed by atoms with Crippen molar-refractivity contribution in [3.63, 3.8) is 0 Å². The van der Waals surface area contributed by atoms with Gasteiger partial charge in [-0.15, -0.1) is 0 Å². The van der Waals surface area contributed by atoms with E-state index in [1.165, 1.54) is 31.3 Å². The molecule has 24 heavy (non-hydrogen) atoms. The molecule has 0 aliphatic heterocycles. The Balaban J connectivity index is 1.73. The minimum atomic E-state index is -0.0787. The fourth-order valence-corrected chi connectivity index (χ4v) is 3.25. The lowest BCUT2D eigenvalue weighted by atomic mass is 9.97. The number of amides is 1. The number of ether oxygens (including phenoxy) is 1. The highest BCUT2D eigenvalue weighted by atomic mass is 16.5. The molecule has 5 nitrogen and oxygen atoms in total. The Hall–Kier alpha value is -2.30. The monoisotopic (exact) mass is 327 g/mol. The van der Waals surface area contributed by atoms with E-state index in [-0.39, 0.29) is 5.91 Å². The molecule has 2 aromatic heterocycles. The smallest absolute Gasteiger partial charge is 0.270 e. The van der Waals surface area contributed by atoms with Gasteiger partial charge in [0.15, 0.2) is 11.4 Å². The van der Waals surface area contributed by atoms with Gasteiger partial charge in [-0.05, 0) is 58.1 Å². The van der Waals surface area contributed by atoms with Crippen molar-refractivity contribution >= 4 is 11.6 Å². The van der Waals surface area contributed by atoms with Crippen molar-refractivity contribution in [2.45, 2.75) is 46.0 Å². The molecule has 5 heteroatoms. The van der Waals surface area contributed by atoms with Crippen molar-refractivity contribution in [1.82, 2.24) is 14.7 Å². The maximum Gasteiger partial charge on any atom is 0.270 e. The lowest BCUT2D eigenvalue weighted by Crippen LogP contribution is -2.26. The summed E-state index contributed by atoms with van der Waals surface area (Å²) in [5.74, 6) is 0.625. The van der Waals surface area contributed by atoms with E-state index in [9.17, 15) is 4.79 Å². The minimum Gasteiger partial charge on any atom is -0.490 e. The van der Waals surface area contributed by atoms with Crippen LogP contribution < -0.4 is 10.1 Å². The second-order valence-electron chi connectivity index (χ2n) is 6.16. The van der Waals surface area contributed by atoms with Gasteiger partial charge in [-0.25, -0.2) is 4.98 Å². The molecule has 0 fully saturated rings. The van der Waals surface area contributed by atoms with E-state index < -0.39 is 0 Å². The molecule has 2 heterocycles. The van der Waals surface area contributed by atoms with Gasteiger partial charge < -0.3 is 10.1 Å². The molecular formula is C19H25N3O2. The fourth-order valence-electron chi connectivity index (χ4n) is 3.25. The Morgan fingerprint density at radius 3 is 3.04 bits per heavy atom. The predicted molar refractivity (Wildman–Crippen MR) is 94.6 cm³/mol. The number of hydrogen-bond donors (Lipinski definition) is 1. The van der Waals surface area contributed by atoms with Gasteiger partial charge in [-0.2, -0.15) is 0 Å². The zero-order valence-electron chi connectivity index (χ0n) is 14.5. The molecule has 0 bridgehead atoms. The molecule has 1 aliphatic rings. The van der Waals surface area contributed by atoms with Gasteiger partial charge >= 0.3 is 0 Å². The first-order valence-electron chi connectivity index (χ1n) is 8.77. The molecule has 0 radical (unpaired) electrons. The number of carbonyl (C=O) groups is 1. The average molecular weight is 327 g/mol. The lowest BCUT2D eigenvalue weighted by molar-refractivity contribution is 0.0947. The SMILES string of the molecule is CCOc1cccn2c(C(=O)NCCC3=CCCCC3)c(C)nc12. The summed E-state index contributed by atoms with van der Waals surface area (Å²) in [7, 11) is 0. The van der Waals surface area contributed by atoms with Gasteiger partial charge in [0, 0.05) is 12.7 Å². The number of hydrogen-bond acceptors (Lipinski definition) is 3. The van der Waals surface area contributed by atoms with Crippen molar-refractivity contribution in [2.75, 3.05) is 13.2 Å². The molecule has 1 aliphatic carbocycles. The Labute approximate surface area is 142 Å². The van der Waals surface area contributed by atoms with Crippen LogP contribution in [0.4, 0.5) is 0 Å². The standard InChI is InChI=1S/C19H25N3O2/c1-3-24-16-10-7-13-22-17(14(2)21-18(16)22)19(23)20-12-11-15-8-5-4-6-9-15/h7-8,10,13H,3-6,9,11-12H2,1-2H3,(H,20,23). The second-order valence-corrected chi connectivity index (χ2v) is 6.16. The van der Waals surface area contributed by atoms with Crippen LogP contribution in [0.1, 0.15) is 55.2 Å². The van der Waals surface area contributed by atoms with Crippen molar-refractivity contribution in [2.24, 2.45) is 0 Å². The lowest BCUT2D eigenvalue weighted by Gasteiger charge is -2.13. The van der Waals surface area contributed by atoms with Crippen molar-refractivity contribution in [3.05, 3.63) is 41.4 Å². The number of nitrogens with zero attached hydrogens (tertiary/aromatic N) is 2. The second kappa shape index (κ2) is 7.51. The summed E-state index contributed by atoms with van der Waals surface area (Å²) < 4.78 is 7.42. The first-order valence-corrected chi connectivity index (χ1v) is 8.77. The highest BCUT2D eigenvalue weighted by molar-refractivity contribution is 5.95. The normalized spacial score (nSPS) is 14.5. The molecule has 0 atom stereocenters. The number of carbonyl (C=O) groups excluding carboxylic acids is 1. The van der Waals surface area contributed by atoms with E-state index in [2.05, 4.69) is 16.4 Å². The topological polar surface area (TPSA) is 55.6 Å². The van der Waals surface area contributed by atoms with Crippen molar-refractivity contribution in [1.29, 1.82) is 0 Å². The van der Waals surface area contributed by atoms with Gasteiger partial charge in [-0.3, -0.25) is 9.20 Å². The van der Waals surface area contributed by atoms with Crippen LogP contribution in [0.5, 0.6) is 5.75 Å². The van der Waals surface area contributed by atoms with Crippen LogP contribution in [0.25, 0.3) is 5.65 Å². The van der Waals surface area contributed by atoms with E-state index >= 15 is 0 Å². The number of aromatic nitrogens is 2. The van der Waals surface area contributed by atoms with Crippen LogP contribution in [-0.2, 0) is 0 Å². The quantitative estimate of drug-likeness (QED) is 0.824. The Bertz CT molecular complexity index is 761. The average Bonchev–Trinajstić information content (AvgIpc) is 2.93. The summed E-state index contributed by atoms with van der Waals surface area (Å²) in [5.41, 5.74) is 3.47. The van der Waals surface area contributed by atoms with Gasteiger partial charge in [0.25, 0.3) is 5.91 Å². The Morgan fingerprint density at radius 2 is 2.29 bits per heavy atom. The number of imidazole rings is 1.